The number of amides is 1. The van der Waals surface area contributed by atoms with Crippen molar-refractivity contribution in [3.63, 3.8) is 0 Å². The maximum Gasteiger partial charge on any atom is 0.306 e. The highest BCUT2D eigenvalue weighted by Crippen LogP contribution is 2.36. The second-order valence-corrected chi connectivity index (χ2v) is 8.61. The molecule has 33 heavy (non-hydrogen) atoms. The topological polar surface area (TPSA) is 68.3 Å². The lowest BCUT2D eigenvalue weighted by atomic mass is 10.0. The predicted octanol–water partition coefficient (Wildman–Crippen LogP) is 5.83. The zero-order chi connectivity index (χ0) is 23.6. The summed E-state index contributed by atoms with van der Waals surface area (Å²) < 4.78 is 5.02. The van der Waals surface area contributed by atoms with E-state index in [0.717, 1.165) is 32.1 Å². The Morgan fingerprint density at radius 2 is 1.79 bits per heavy atom. The molecule has 6 heteroatoms. The Morgan fingerprint density at radius 3 is 2.52 bits per heavy atom. The molecule has 0 saturated heterocycles. The number of aryl methyl sites for hydroxylation is 1. The molecule has 3 rings (SSSR count). The number of esters is 1. The van der Waals surface area contributed by atoms with Gasteiger partial charge in [-0.05, 0) is 78.9 Å². The third-order valence-electron chi connectivity index (χ3n) is 5.06. The van der Waals surface area contributed by atoms with Gasteiger partial charge in [0, 0.05) is 40.7 Å². The first-order valence-electron chi connectivity index (χ1n) is 10.9. The first kappa shape index (κ1) is 24.3. The van der Waals surface area contributed by atoms with Crippen LogP contribution in [0.2, 0.25) is 0 Å². The average Bonchev–Trinajstić information content (AvgIpc) is 2.83. The number of hydrogen-bond acceptors (Lipinski definition) is 5. The van der Waals surface area contributed by atoms with Crippen LogP contribution in [0.5, 0.6) is 0 Å². The van der Waals surface area contributed by atoms with Crippen molar-refractivity contribution in [2.75, 3.05) is 6.61 Å². The summed E-state index contributed by atoms with van der Waals surface area (Å²) in [7, 11) is 0. The Kier molecular flexibility index (Phi) is 8.84. The van der Waals surface area contributed by atoms with Gasteiger partial charge in [-0.15, -0.1) is 0 Å². The van der Waals surface area contributed by atoms with Crippen molar-refractivity contribution < 1.29 is 14.3 Å². The van der Waals surface area contributed by atoms with Crippen LogP contribution in [-0.2, 0) is 16.1 Å². The summed E-state index contributed by atoms with van der Waals surface area (Å²) in [5.41, 5.74) is 4.56. The first-order chi connectivity index (χ1) is 16.0. The van der Waals surface area contributed by atoms with Crippen LogP contribution in [0, 0.1) is 6.92 Å². The average molecular weight is 461 g/mol. The standard InChI is InChI=1S/C27H28N2O3S/c1-4-32-26(30)12-9-19(2)23-7-5-6-8-25(23)33-24-11-10-22(17-20(24)3)27(31)29-18-21-13-15-28-16-14-21/h5-8,10-11,13-17H,2,4,9,12,18H2,1,3H3,(H,29,31). The number of benzene rings is 2. The number of ether oxygens (including phenoxy) is 1. The second-order valence-electron chi connectivity index (χ2n) is 7.53. The zero-order valence-electron chi connectivity index (χ0n) is 19.0. The van der Waals surface area contributed by atoms with Crippen molar-refractivity contribution in [1.29, 1.82) is 0 Å². The summed E-state index contributed by atoms with van der Waals surface area (Å²) in [5, 5.41) is 2.94. The number of nitrogens with one attached hydrogen (secondary N) is 1. The fourth-order valence-electron chi connectivity index (χ4n) is 3.28. The lowest BCUT2D eigenvalue weighted by Gasteiger charge is -2.14. The van der Waals surface area contributed by atoms with Crippen LogP contribution in [-0.4, -0.2) is 23.5 Å². The summed E-state index contributed by atoms with van der Waals surface area (Å²) >= 11 is 1.63. The van der Waals surface area contributed by atoms with Crippen molar-refractivity contribution in [1.82, 2.24) is 10.3 Å². The normalized spacial score (nSPS) is 10.5. The van der Waals surface area contributed by atoms with Gasteiger partial charge in [0.1, 0.15) is 0 Å². The van der Waals surface area contributed by atoms with Crippen LogP contribution in [0.1, 0.15) is 46.8 Å². The Hall–Kier alpha value is -3.38. The first-order valence-corrected chi connectivity index (χ1v) is 11.7. The monoisotopic (exact) mass is 460 g/mol. The quantitative estimate of drug-likeness (QED) is 0.386. The van der Waals surface area contributed by atoms with E-state index in [9.17, 15) is 9.59 Å². The van der Waals surface area contributed by atoms with Gasteiger partial charge in [0.25, 0.3) is 5.91 Å². The van der Waals surface area contributed by atoms with E-state index in [4.69, 9.17) is 4.74 Å². The van der Waals surface area contributed by atoms with Crippen molar-refractivity contribution >= 4 is 29.2 Å². The number of nitrogens with zero attached hydrogens (tertiary/aromatic N) is 1. The van der Waals surface area contributed by atoms with E-state index in [1.807, 2.05) is 61.5 Å². The number of carbonyl (C=O) groups excluding carboxylic acids is 2. The molecule has 5 nitrogen and oxygen atoms in total. The van der Waals surface area contributed by atoms with Gasteiger partial charge in [-0.25, -0.2) is 0 Å². The molecule has 1 amide bonds. The van der Waals surface area contributed by atoms with Gasteiger partial charge < -0.3 is 10.1 Å². The molecule has 0 unspecified atom stereocenters. The Labute approximate surface area is 199 Å². The molecule has 3 aromatic rings. The van der Waals surface area contributed by atoms with E-state index in [1.165, 1.54) is 0 Å². The van der Waals surface area contributed by atoms with E-state index < -0.39 is 0 Å². The number of carbonyl (C=O) groups is 2. The third-order valence-corrected chi connectivity index (χ3v) is 6.32. The van der Waals surface area contributed by atoms with Crippen molar-refractivity contribution in [2.45, 2.75) is 43.0 Å². The lowest BCUT2D eigenvalue weighted by molar-refractivity contribution is -0.142. The molecule has 0 radical (unpaired) electrons. The highest BCUT2D eigenvalue weighted by Gasteiger charge is 2.13. The summed E-state index contributed by atoms with van der Waals surface area (Å²) in [6.45, 7) is 8.83. The van der Waals surface area contributed by atoms with E-state index >= 15 is 0 Å². The minimum absolute atomic E-state index is 0.112. The minimum Gasteiger partial charge on any atom is -0.466 e. The van der Waals surface area contributed by atoms with Crippen LogP contribution in [0.4, 0.5) is 0 Å². The van der Waals surface area contributed by atoms with Crippen LogP contribution < -0.4 is 5.32 Å². The number of aromatic nitrogens is 1. The summed E-state index contributed by atoms with van der Waals surface area (Å²) in [6, 6.07) is 17.5. The fourth-order valence-corrected chi connectivity index (χ4v) is 4.34. The van der Waals surface area contributed by atoms with Gasteiger partial charge in [0.2, 0.25) is 0 Å². The second kappa shape index (κ2) is 12.0. The maximum atomic E-state index is 12.6. The largest absolute Gasteiger partial charge is 0.466 e. The van der Waals surface area contributed by atoms with Crippen LogP contribution in [0.15, 0.2) is 83.4 Å². The summed E-state index contributed by atoms with van der Waals surface area (Å²) in [4.78, 5) is 30.4. The molecule has 0 saturated carbocycles. The molecule has 1 heterocycles. The molecule has 0 aliphatic heterocycles. The van der Waals surface area contributed by atoms with Gasteiger partial charge >= 0.3 is 5.97 Å². The van der Waals surface area contributed by atoms with E-state index in [2.05, 4.69) is 16.9 Å². The molecule has 0 spiro atoms. The number of allylic oxidation sites excluding steroid dienone is 1. The predicted molar refractivity (Wildman–Crippen MR) is 132 cm³/mol. The molecular weight excluding hydrogens is 432 g/mol. The SMILES string of the molecule is C=C(CCC(=O)OCC)c1ccccc1Sc1ccc(C(=O)NCc2ccncc2)cc1C. The van der Waals surface area contributed by atoms with E-state index in [1.54, 1.807) is 31.1 Å². The van der Waals surface area contributed by atoms with Gasteiger partial charge in [-0.2, -0.15) is 0 Å². The van der Waals surface area contributed by atoms with E-state index in [-0.39, 0.29) is 11.9 Å². The van der Waals surface area contributed by atoms with Gasteiger partial charge in [-0.3, -0.25) is 14.6 Å². The molecule has 0 atom stereocenters. The lowest BCUT2D eigenvalue weighted by Crippen LogP contribution is -2.22. The molecule has 0 aliphatic rings. The van der Waals surface area contributed by atoms with Crippen molar-refractivity contribution in [2.24, 2.45) is 0 Å². The van der Waals surface area contributed by atoms with Gasteiger partial charge in [0.15, 0.2) is 0 Å². The smallest absolute Gasteiger partial charge is 0.306 e. The summed E-state index contributed by atoms with van der Waals surface area (Å²) in [5.74, 6) is -0.323. The molecular formula is C27H28N2O3S. The van der Waals surface area contributed by atoms with Crippen molar-refractivity contribution in [3.05, 3.63) is 95.8 Å². The summed E-state index contributed by atoms with van der Waals surface area (Å²) in [6.07, 6.45) is 4.28. The molecule has 0 bridgehead atoms. The molecule has 0 fully saturated rings. The van der Waals surface area contributed by atoms with E-state index in [0.29, 0.717) is 31.6 Å². The van der Waals surface area contributed by atoms with Crippen LogP contribution in [0.3, 0.4) is 0 Å². The fraction of sp³-hybridized carbons (Fsp3) is 0.222. The molecule has 1 N–H and O–H groups in total. The highest BCUT2D eigenvalue weighted by molar-refractivity contribution is 7.99. The maximum absolute atomic E-state index is 12.6. The molecule has 0 aliphatic carbocycles. The molecule has 2 aromatic carbocycles. The zero-order valence-corrected chi connectivity index (χ0v) is 19.8. The van der Waals surface area contributed by atoms with Gasteiger partial charge in [0.05, 0.1) is 6.61 Å². The molecule has 1 aromatic heterocycles. The number of rotatable bonds is 10. The van der Waals surface area contributed by atoms with Crippen LogP contribution >= 0.6 is 11.8 Å². The van der Waals surface area contributed by atoms with Gasteiger partial charge in [-0.1, -0.05) is 36.5 Å². The Balaban J connectivity index is 1.67. The highest BCUT2D eigenvalue weighted by atomic mass is 32.2. The number of pyridine rings is 1. The van der Waals surface area contributed by atoms with Crippen LogP contribution in [0.25, 0.3) is 5.57 Å². The Morgan fingerprint density at radius 1 is 1.03 bits per heavy atom. The minimum atomic E-state index is -0.211. The Bertz CT molecular complexity index is 1130. The number of hydrogen-bond donors (Lipinski definition) is 1. The molecule has 170 valence electrons. The van der Waals surface area contributed by atoms with Crippen molar-refractivity contribution in [3.8, 4) is 0 Å². The third kappa shape index (κ3) is 7.05.